The van der Waals surface area contributed by atoms with Gasteiger partial charge in [0.2, 0.25) is 0 Å². The van der Waals surface area contributed by atoms with E-state index in [0.717, 1.165) is 36.5 Å². The Kier molecular flexibility index (Phi) is 5.51. The summed E-state index contributed by atoms with van der Waals surface area (Å²) in [5.74, 6) is 0.845. The van der Waals surface area contributed by atoms with Crippen LogP contribution in [0.15, 0.2) is 6.07 Å². The van der Waals surface area contributed by atoms with E-state index < -0.39 is 0 Å². The molecule has 2 unspecified atom stereocenters. The normalized spacial score (nSPS) is 14.6. The molecule has 0 aromatic carbocycles. The Balaban J connectivity index is 2.79. The number of nitrogens with two attached hydrogens (primary N) is 1. The molecular weight excluding hydrogens is 214 g/mol. The summed E-state index contributed by atoms with van der Waals surface area (Å²) in [7, 11) is 1.70. The van der Waals surface area contributed by atoms with Crippen molar-refractivity contribution in [2.24, 2.45) is 5.73 Å². The van der Waals surface area contributed by atoms with Crippen molar-refractivity contribution in [2.45, 2.75) is 52.2 Å². The lowest BCUT2D eigenvalue weighted by atomic mass is 10.1. The van der Waals surface area contributed by atoms with Gasteiger partial charge in [0.05, 0.1) is 6.10 Å². The Morgan fingerprint density at radius 2 is 2.06 bits per heavy atom. The fourth-order valence-corrected chi connectivity index (χ4v) is 1.65. The first-order chi connectivity index (χ1) is 8.05. The minimum atomic E-state index is 0.143. The molecule has 0 fully saturated rings. The Labute approximate surface area is 104 Å². The molecule has 2 atom stereocenters. The first kappa shape index (κ1) is 14.1. The lowest BCUT2D eigenvalue weighted by Gasteiger charge is -2.12. The molecule has 1 aromatic rings. The third-order valence-corrected chi connectivity index (χ3v) is 2.82. The molecule has 0 spiro atoms. The second-order valence-electron chi connectivity index (χ2n) is 4.54. The molecule has 4 nitrogen and oxygen atoms in total. The van der Waals surface area contributed by atoms with Crippen LogP contribution in [0, 0.1) is 6.92 Å². The van der Waals surface area contributed by atoms with Gasteiger partial charge in [-0.15, -0.1) is 0 Å². The maximum absolute atomic E-state index is 5.95. The van der Waals surface area contributed by atoms with Crippen LogP contribution in [0.1, 0.15) is 37.5 Å². The predicted molar refractivity (Wildman–Crippen MR) is 68.9 cm³/mol. The molecule has 0 aliphatic rings. The van der Waals surface area contributed by atoms with Gasteiger partial charge >= 0.3 is 0 Å². The topological polar surface area (TPSA) is 61.0 Å². The lowest BCUT2D eigenvalue weighted by molar-refractivity contribution is 0.117. The third-order valence-electron chi connectivity index (χ3n) is 2.82. The Morgan fingerprint density at radius 3 is 2.65 bits per heavy atom. The van der Waals surface area contributed by atoms with Crippen molar-refractivity contribution >= 4 is 0 Å². The molecule has 4 heteroatoms. The van der Waals surface area contributed by atoms with E-state index in [1.54, 1.807) is 7.11 Å². The van der Waals surface area contributed by atoms with E-state index in [2.05, 4.69) is 16.9 Å². The summed E-state index contributed by atoms with van der Waals surface area (Å²) in [6.45, 7) is 6.10. The maximum Gasteiger partial charge on any atom is 0.131 e. The van der Waals surface area contributed by atoms with Crippen LogP contribution < -0.4 is 5.73 Å². The van der Waals surface area contributed by atoms with Crippen molar-refractivity contribution in [3.63, 3.8) is 0 Å². The number of nitrogens with zero attached hydrogens (tertiary/aromatic N) is 2. The molecule has 2 N–H and O–H groups in total. The van der Waals surface area contributed by atoms with Crippen LogP contribution in [-0.2, 0) is 17.6 Å². The van der Waals surface area contributed by atoms with Crippen molar-refractivity contribution < 1.29 is 4.74 Å². The zero-order valence-electron chi connectivity index (χ0n) is 11.2. The van der Waals surface area contributed by atoms with Gasteiger partial charge in [-0.05, 0) is 26.3 Å². The molecule has 1 aromatic heterocycles. The van der Waals surface area contributed by atoms with E-state index in [1.165, 1.54) is 0 Å². The monoisotopic (exact) mass is 237 g/mol. The van der Waals surface area contributed by atoms with Gasteiger partial charge in [0.25, 0.3) is 0 Å². The number of methoxy groups -OCH3 is 1. The van der Waals surface area contributed by atoms with E-state index in [-0.39, 0.29) is 12.1 Å². The maximum atomic E-state index is 5.95. The van der Waals surface area contributed by atoms with Gasteiger partial charge < -0.3 is 10.5 Å². The zero-order chi connectivity index (χ0) is 12.8. The van der Waals surface area contributed by atoms with Crippen molar-refractivity contribution in [3.05, 3.63) is 23.3 Å². The summed E-state index contributed by atoms with van der Waals surface area (Å²) in [5, 5.41) is 0. The quantitative estimate of drug-likeness (QED) is 0.817. The minimum Gasteiger partial charge on any atom is -0.381 e. The zero-order valence-corrected chi connectivity index (χ0v) is 11.2. The molecule has 0 saturated carbocycles. The molecule has 0 saturated heterocycles. The van der Waals surface area contributed by atoms with E-state index in [1.807, 2.05) is 19.9 Å². The van der Waals surface area contributed by atoms with Crippen LogP contribution in [0.25, 0.3) is 0 Å². The van der Waals surface area contributed by atoms with Crippen molar-refractivity contribution in [1.29, 1.82) is 0 Å². The summed E-state index contributed by atoms with van der Waals surface area (Å²) in [5.41, 5.74) is 7.98. The second kappa shape index (κ2) is 6.67. The standard InChI is InChI=1S/C13H23N3O/c1-5-11(14)8-12-6-9(2)15-13(16-12)7-10(3)17-4/h6,10-11H,5,7-8,14H2,1-4H3. The SMILES string of the molecule is CCC(N)Cc1cc(C)nc(CC(C)OC)n1. The Hall–Kier alpha value is -1.00. The van der Waals surface area contributed by atoms with Gasteiger partial charge in [-0.2, -0.15) is 0 Å². The first-order valence-electron chi connectivity index (χ1n) is 6.17. The van der Waals surface area contributed by atoms with Crippen LogP contribution in [0.4, 0.5) is 0 Å². The van der Waals surface area contributed by atoms with Crippen LogP contribution >= 0.6 is 0 Å². The first-order valence-corrected chi connectivity index (χ1v) is 6.17. The fourth-order valence-electron chi connectivity index (χ4n) is 1.65. The van der Waals surface area contributed by atoms with Gasteiger partial charge in [-0.1, -0.05) is 6.92 Å². The molecule has 0 aliphatic heterocycles. The van der Waals surface area contributed by atoms with E-state index in [0.29, 0.717) is 0 Å². The number of hydrogen-bond acceptors (Lipinski definition) is 4. The second-order valence-corrected chi connectivity index (χ2v) is 4.54. The summed E-state index contributed by atoms with van der Waals surface area (Å²) in [4.78, 5) is 8.96. The fraction of sp³-hybridized carbons (Fsp3) is 0.692. The molecular formula is C13H23N3O. The van der Waals surface area contributed by atoms with E-state index >= 15 is 0 Å². The smallest absolute Gasteiger partial charge is 0.131 e. The van der Waals surface area contributed by atoms with Gasteiger partial charge in [-0.25, -0.2) is 9.97 Å². The average molecular weight is 237 g/mol. The molecule has 0 aliphatic carbocycles. The number of rotatable bonds is 6. The van der Waals surface area contributed by atoms with E-state index in [9.17, 15) is 0 Å². The third kappa shape index (κ3) is 4.79. The van der Waals surface area contributed by atoms with Crippen molar-refractivity contribution in [3.8, 4) is 0 Å². The summed E-state index contributed by atoms with van der Waals surface area (Å²) >= 11 is 0. The summed E-state index contributed by atoms with van der Waals surface area (Å²) in [6, 6.07) is 2.19. The van der Waals surface area contributed by atoms with E-state index in [4.69, 9.17) is 10.5 Å². The van der Waals surface area contributed by atoms with Gasteiger partial charge in [-0.3, -0.25) is 0 Å². The number of aryl methyl sites for hydroxylation is 1. The predicted octanol–water partition coefficient (Wildman–Crippen LogP) is 1.64. The van der Waals surface area contributed by atoms with Crippen molar-refractivity contribution in [2.75, 3.05) is 7.11 Å². The number of aromatic nitrogens is 2. The molecule has 1 rings (SSSR count). The summed E-state index contributed by atoms with van der Waals surface area (Å²) in [6.07, 6.45) is 2.66. The summed E-state index contributed by atoms with van der Waals surface area (Å²) < 4.78 is 5.23. The highest BCUT2D eigenvalue weighted by Gasteiger charge is 2.09. The average Bonchev–Trinajstić information content (AvgIpc) is 2.27. The molecule has 0 amide bonds. The Bertz CT molecular complexity index is 324. The molecule has 0 bridgehead atoms. The molecule has 17 heavy (non-hydrogen) atoms. The molecule has 1 heterocycles. The van der Waals surface area contributed by atoms with Gasteiger partial charge in [0, 0.05) is 37.4 Å². The minimum absolute atomic E-state index is 0.143. The van der Waals surface area contributed by atoms with Crippen LogP contribution in [0.3, 0.4) is 0 Å². The van der Waals surface area contributed by atoms with Crippen LogP contribution in [0.5, 0.6) is 0 Å². The molecule has 0 radical (unpaired) electrons. The highest BCUT2D eigenvalue weighted by Crippen LogP contribution is 2.07. The highest BCUT2D eigenvalue weighted by molar-refractivity contribution is 5.11. The number of hydrogen-bond donors (Lipinski definition) is 1. The number of ether oxygens (including phenoxy) is 1. The van der Waals surface area contributed by atoms with Crippen LogP contribution in [0.2, 0.25) is 0 Å². The Morgan fingerprint density at radius 1 is 1.35 bits per heavy atom. The van der Waals surface area contributed by atoms with Gasteiger partial charge in [0.15, 0.2) is 0 Å². The van der Waals surface area contributed by atoms with Crippen LogP contribution in [-0.4, -0.2) is 29.2 Å². The van der Waals surface area contributed by atoms with Crippen molar-refractivity contribution in [1.82, 2.24) is 9.97 Å². The lowest BCUT2D eigenvalue weighted by Crippen LogP contribution is -2.23. The largest absolute Gasteiger partial charge is 0.381 e. The van der Waals surface area contributed by atoms with Gasteiger partial charge in [0.1, 0.15) is 5.82 Å². The highest BCUT2D eigenvalue weighted by atomic mass is 16.5. The molecule has 96 valence electrons.